The Balaban J connectivity index is 2.02. The van der Waals surface area contributed by atoms with Crippen molar-refractivity contribution in [2.24, 2.45) is 0 Å². The molecule has 7 nitrogen and oxygen atoms in total. The Morgan fingerprint density at radius 3 is 3.05 bits per heavy atom. The highest BCUT2D eigenvalue weighted by Gasteiger charge is 2.34. The number of hydrogen-bond donors (Lipinski definition) is 1. The van der Waals surface area contributed by atoms with E-state index in [2.05, 4.69) is 9.97 Å². The van der Waals surface area contributed by atoms with Gasteiger partial charge in [-0.25, -0.2) is 18.4 Å². The van der Waals surface area contributed by atoms with Crippen LogP contribution in [0.25, 0.3) is 10.2 Å². The normalized spacial score (nSPS) is 21.5. The van der Waals surface area contributed by atoms with Crippen LogP contribution < -0.4 is 4.90 Å². The molecule has 3 rings (SSSR count). The van der Waals surface area contributed by atoms with Gasteiger partial charge in [0.05, 0.1) is 29.4 Å². The zero-order valence-corrected chi connectivity index (χ0v) is 12.6. The van der Waals surface area contributed by atoms with Crippen molar-refractivity contribution >= 4 is 43.2 Å². The predicted octanol–water partition coefficient (Wildman–Crippen LogP) is 0.769. The highest BCUT2D eigenvalue weighted by atomic mass is 32.2. The summed E-state index contributed by atoms with van der Waals surface area (Å²) in [6, 6.07) is 1.27. The SMILES string of the molecule is O=C(O)CC1CS(=O)(=O)CCN1c1ncnc2sccc12. The number of rotatable bonds is 3. The van der Waals surface area contributed by atoms with Gasteiger partial charge in [-0.2, -0.15) is 0 Å². The lowest BCUT2D eigenvalue weighted by molar-refractivity contribution is -0.137. The second-order valence-corrected chi connectivity index (χ2v) is 8.02. The molecule has 0 aromatic carbocycles. The average Bonchev–Trinajstić information content (AvgIpc) is 2.85. The van der Waals surface area contributed by atoms with Gasteiger partial charge in [-0.05, 0) is 11.4 Å². The van der Waals surface area contributed by atoms with Crippen LogP contribution in [0.3, 0.4) is 0 Å². The summed E-state index contributed by atoms with van der Waals surface area (Å²) >= 11 is 1.47. The molecule has 1 aliphatic rings. The van der Waals surface area contributed by atoms with Crippen molar-refractivity contribution in [2.45, 2.75) is 12.5 Å². The maximum atomic E-state index is 11.8. The first-order valence-corrected chi connectivity index (χ1v) is 9.03. The van der Waals surface area contributed by atoms with E-state index >= 15 is 0 Å². The number of hydrogen-bond acceptors (Lipinski definition) is 7. The maximum Gasteiger partial charge on any atom is 0.305 e. The number of carboxylic acids is 1. The minimum Gasteiger partial charge on any atom is -0.481 e. The minimum absolute atomic E-state index is 0.0127. The molecule has 1 unspecified atom stereocenters. The molecule has 0 radical (unpaired) electrons. The molecular weight excluding hydrogens is 314 g/mol. The average molecular weight is 327 g/mol. The number of carbonyl (C=O) groups is 1. The Morgan fingerprint density at radius 1 is 1.48 bits per heavy atom. The molecule has 2 aromatic rings. The van der Waals surface area contributed by atoms with Crippen molar-refractivity contribution < 1.29 is 18.3 Å². The summed E-state index contributed by atoms with van der Waals surface area (Å²) in [4.78, 5) is 22.0. The molecule has 1 atom stereocenters. The molecule has 0 aliphatic carbocycles. The molecule has 0 bridgehead atoms. The van der Waals surface area contributed by atoms with E-state index in [4.69, 9.17) is 5.11 Å². The van der Waals surface area contributed by atoms with Gasteiger partial charge in [-0.15, -0.1) is 11.3 Å². The molecule has 1 fully saturated rings. The van der Waals surface area contributed by atoms with Crippen LogP contribution in [0.4, 0.5) is 5.82 Å². The number of fused-ring (bicyclic) bond motifs is 1. The Bertz CT molecular complexity index is 787. The third-order valence-electron chi connectivity index (χ3n) is 3.45. The van der Waals surface area contributed by atoms with E-state index in [1.54, 1.807) is 4.90 Å². The predicted molar refractivity (Wildman–Crippen MR) is 79.5 cm³/mol. The molecule has 2 aromatic heterocycles. The molecule has 0 amide bonds. The lowest BCUT2D eigenvalue weighted by atomic mass is 10.2. The summed E-state index contributed by atoms with van der Waals surface area (Å²) in [5.74, 6) is -0.548. The van der Waals surface area contributed by atoms with Gasteiger partial charge < -0.3 is 10.0 Å². The number of thiophene rings is 1. The first-order valence-electron chi connectivity index (χ1n) is 6.33. The molecular formula is C12H13N3O4S2. The largest absolute Gasteiger partial charge is 0.481 e. The molecule has 3 heterocycles. The number of aromatic nitrogens is 2. The highest BCUT2D eigenvalue weighted by molar-refractivity contribution is 7.91. The van der Waals surface area contributed by atoms with E-state index in [0.717, 1.165) is 10.2 Å². The number of sulfone groups is 1. The van der Waals surface area contributed by atoms with Crippen molar-refractivity contribution in [3.63, 3.8) is 0 Å². The smallest absolute Gasteiger partial charge is 0.305 e. The Labute approximate surface area is 125 Å². The van der Waals surface area contributed by atoms with E-state index in [-0.39, 0.29) is 24.5 Å². The van der Waals surface area contributed by atoms with Gasteiger partial charge in [0.1, 0.15) is 17.0 Å². The third-order valence-corrected chi connectivity index (χ3v) is 5.97. The van der Waals surface area contributed by atoms with Crippen LogP contribution in [0.2, 0.25) is 0 Å². The Kier molecular flexibility index (Phi) is 3.54. The topological polar surface area (TPSA) is 100 Å². The molecule has 0 saturated carbocycles. The third kappa shape index (κ3) is 2.84. The highest BCUT2D eigenvalue weighted by Crippen LogP contribution is 2.30. The fraction of sp³-hybridized carbons (Fsp3) is 0.417. The fourth-order valence-corrected chi connectivity index (χ4v) is 4.79. The van der Waals surface area contributed by atoms with Crippen molar-refractivity contribution in [3.05, 3.63) is 17.8 Å². The van der Waals surface area contributed by atoms with E-state index in [9.17, 15) is 13.2 Å². The van der Waals surface area contributed by atoms with Gasteiger partial charge >= 0.3 is 5.97 Å². The van der Waals surface area contributed by atoms with Crippen molar-refractivity contribution in [1.82, 2.24) is 9.97 Å². The van der Waals surface area contributed by atoms with Gasteiger partial charge in [0.25, 0.3) is 0 Å². The van der Waals surface area contributed by atoms with Gasteiger partial charge in [-0.1, -0.05) is 0 Å². The quantitative estimate of drug-likeness (QED) is 0.888. The van der Waals surface area contributed by atoms with E-state index in [1.165, 1.54) is 17.7 Å². The van der Waals surface area contributed by atoms with Crippen LogP contribution in [0.1, 0.15) is 6.42 Å². The molecule has 9 heteroatoms. The van der Waals surface area contributed by atoms with Crippen LogP contribution in [-0.2, 0) is 14.6 Å². The Hall–Kier alpha value is -1.74. The summed E-state index contributed by atoms with van der Waals surface area (Å²) < 4.78 is 23.6. The molecule has 0 spiro atoms. The van der Waals surface area contributed by atoms with Crippen LogP contribution >= 0.6 is 11.3 Å². The van der Waals surface area contributed by atoms with E-state index in [1.807, 2.05) is 11.4 Å². The summed E-state index contributed by atoms with van der Waals surface area (Å²) in [5.41, 5.74) is 0. The van der Waals surface area contributed by atoms with Crippen LogP contribution in [0.5, 0.6) is 0 Å². The summed E-state index contributed by atoms with van der Waals surface area (Å²) in [6.45, 7) is 0.252. The second-order valence-electron chi connectivity index (χ2n) is 4.90. The monoisotopic (exact) mass is 327 g/mol. The first-order chi connectivity index (χ1) is 9.96. The molecule has 112 valence electrons. The number of anilines is 1. The van der Waals surface area contributed by atoms with Gasteiger partial charge in [-0.3, -0.25) is 4.79 Å². The standard InChI is InChI=1S/C12H13N3O4S2/c16-10(17)5-8-6-21(18,19)4-2-15(8)11-9-1-3-20-12(9)14-7-13-11/h1,3,7-8H,2,4-6H2,(H,16,17). The van der Waals surface area contributed by atoms with Crippen molar-refractivity contribution in [3.8, 4) is 0 Å². The zero-order valence-electron chi connectivity index (χ0n) is 11.0. The second kappa shape index (κ2) is 5.23. The van der Waals surface area contributed by atoms with E-state index < -0.39 is 21.8 Å². The first kappa shape index (κ1) is 14.2. The summed E-state index contributed by atoms with van der Waals surface area (Å²) in [6.07, 6.45) is 1.20. The number of carboxylic acid groups (broad SMARTS) is 1. The van der Waals surface area contributed by atoms with Gasteiger partial charge in [0, 0.05) is 6.54 Å². The number of aliphatic carboxylic acids is 1. The molecule has 1 aliphatic heterocycles. The lowest BCUT2D eigenvalue weighted by Crippen LogP contribution is -2.50. The summed E-state index contributed by atoms with van der Waals surface area (Å²) in [5, 5.41) is 11.7. The number of nitrogens with zero attached hydrogens (tertiary/aromatic N) is 3. The van der Waals surface area contributed by atoms with E-state index in [0.29, 0.717) is 5.82 Å². The van der Waals surface area contributed by atoms with Gasteiger partial charge in [0.2, 0.25) is 0 Å². The Morgan fingerprint density at radius 2 is 2.29 bits per heavy atom. The fourth-order valence-electron chi connectivity index (χ4n) is 2.54. The van der Waals surface area contributed by atoms with Crippen molar-refractivity contribution in [2.75, 3.05) is 23.0 Å². The molecule has 1 saturated heterocycles. The minimum atomic E-state index is -3.20. The van der Waals surface area contributed by atoms with Crippen molar-refractivity contribution in [1.29, 1.82) is 0 Å². The van der Waals surface area contributed by atoms with Crippen LogP contribution in [0, 0.1) is 0 Å². The zero-order chi connectivity index (χ0) is 15.0. The maximum absolute atomic E-state index is 11.8. The van der Waals surface area contributed by atoms with Gasteiger partial charge in [0.15, 0.2) is 9.84 Å². The molecule has 21 heavy (non-hydrogen) atoms. The summed E-state index contributed by atoms with van der Waals surface area (Å²) in [7, 11) is -3.20. The lowest BCUT2D eigenvalue weighted by Gasteiger charge is -2.35. The van der Waals surface area contributed by atoms with Crippen LogP contribution in [0.15, 0.2) is 17.8 Å². The van der Waals surface area contributed by atoms with Crippen LogP contribution in [-0.4, -0.2) is 53.6 Å². The molecule has 1 N–H and O–H groups in total.